The topological polar surface area (TPSA) is 71.2 Å². The Balaban J connectivity index is 1.65. The van der Waals surface area contributed by atoms with Crippen molar-refractivity contribution in [1.82, 2.24) is 19.7 Å². The summed E-state index contributed by atoms with van der Waals surface area (Å²) in [6.45, 7) is 7.20. The van der Waals surface area contributed by atoms with Crippen molar-refractivity contribution < 1.29 is 9.90 Å². The van der Waals surface area contributed by atoms with Gasteiger partial charge in [0.15, 0.2) is 0 Å². The van der Waals surface area contributed by atoms with Gasteiger partial charge in [0.1, 0.15) is 6.54 Å². The lowest BCUT2D eigenvalue weighted by atomic mass is 9.95. The molecular formula is C17H24N4O2S. The van der Waals surface area contributed by atoms with Gasteiger partial charge in [-0.05, 0) is 38.8 Å². The van der Waals surface area contributed by atoms with E-state index in [2.05, 4.69) is 28.8 Å². The van der Waals surface area contributed by atoms with Crippen molar-refractivity contribution in [3.05, 3.63) is 33.5 Å². The lowest BCUT2D eigenvalue weighted by molar-refractivity contribution is -0.137. The van der Waals surface area contributed by atoms with Gasteiger partial charge in [0, 0.05) is 30.1 Å². The number of hydrogen-bond donors (Lipinski definition) is 1. The smallest absolute Gasteiger partial charge is 0.325 e. The van der Waals surface area contributed by atoms with Crippen LogP contribution in [0.15, 0.2) is 12.3 Å². The second-order valence-electron chi connectivity index (χ2n) is 6.36. The Morgan fingerprint density at radius 1 is 1.50 bits per heavy atom. The van der Waals surface area contributed by atoms with Gasteiger partial charge in [-0.1, -0.05) is 6.92 Å². The Kier molecular flexibility index (Phi) is 5.30. The molecule has 0 aliphatic carbocycles. The molecule has 7 heteroatoms. The van der Waals surface area contributed by atoms with Crippen LogP contribution in [0.5, 0.6) is 0 Å². The Bertz CT molecular complexity index is 709. The molecule has 3 heterocycles. The number of piperidine rings is 1. The van der Waals surface area contributed by atoms with Crippen molar-refractivity contribution in [2.45, 2.75) is 52.1 Å². The quantitative estimate of drug-likeness (QED) is 0.869. The number of aryl methyl sites for hydroxylation is 2. The van der Waals surface area contributed by atoms with Crippen molar-refractivity contribution in [3.63, 3.8) is 0 Å². The third-order valence-electron chi connectivity index (χ3n) is 4.47. The molecule has 1 aliphatic heterocycles. The number of hydrogen-bond acceptors (Lipinski definition) is 5. The number of likely N-dealkylation sites (tertiary alicyclic amines) is 1. The predicted molar refractivity (Wildman–Crippen MR) is 93.3 cm³/mol. The molecule has 0 aromatic carbocycles. The summed E-state index contributed by atoms with van der Waals surface area (Å²) in [5.41, 5.74) is 2.24. The monoisotopic (exact) mass is 348 g/mol. The standard InChI is InChI=1S/C17H24N4O2S/c1-3-14-16(24-12(2)18-14)10-20-7-4-5-13(9-20)15-6-8-21(19-15)11-17(22)23/h6,8,13H,3-5,7,9-11H2,1-2H3,(H,22,23)/t13-/m0/s1. The molecule has 1 atom stereocenters. The maximum Gasteiger partial charge on any atom is 0.325 e. The minimum atomic E-state index is -0.859. The van der Waals surface area contributed by atoms with Crippen LogP contribution in [0, 0.1) is 6.92 Å². The molecule has 1 aliphatic rings. The second kappa shape index (κ2) is 7.44. The molecule has 0 bridgehead atoms. The highest BCUT2D eigenvalue weighted by Gasteiger charge is 2.24. The van der Waals surface area contributed by atoms with Crippen LogP contribution in [0.4, 0.5) is 0 Å². The van der Waals surface area contributed by atoms with Gasteiger partial charge in [0.05, 0.1) is 16.4 Å². The van der Waals surface area contributed by atoms with E-state index in [4.69, 9.17) is 5.11 Å². The molecule has 1 N–H and O–H groups in total. The summed E-state index contributed by atoms with van der Waals surface area (Å²) in [4.78, 5) is 19.3. The van der Waals surface area contributed by atoms with Crippen molar-refractivity contribution in [3.8, 4) is 0 Å². The van der Waals surface area contributed by atoms with Gasteiger partial charge < -0.3 is 5.11 Å². The first kappa shape index (κ1) is 17.1. The average molecular weight is 348 g/mol. The van der Waals surface area contributed by atoms with Gasteiger partial charge in [-0.2, -0.15) is 5.10 Å². The Morgan fingerprint density at radius 2 is 2.33 bits per heavy atom. The summed E-state index contributed by atoms with van der Waals surface area (Å²) >= 11 is 1.80. The van der Waals surface area contributed by atoms with E-state index < -0.39 is 5.97 Å². The fourth-order valence-electron chi connectivity index (χ4n) is 3.38. The molecule has 0 unspecified atom stereocenters. The molecule has 24 heavy (non-hydrogen) atoms. The maximum absolute atomic E-state index is 10.8. The highest BCUT2D eigenvalue weighted by molar-refractivity contribution is 7.11. The molecular weight excluding hydrogens is 324 g/mol. The maximum atomic E-state index is 10.8. The zero-order valence-electron chi connectivity index (χ0n) is 14.2. The highest BCUT2D eigenvalue weighted by Crippen LogP contribution is 2.28. The lowest BCUT2D eigenvalue weighted by Gasteiger charge is -2.31. The number of carbonyl (C=O) groups is 1. The van der Waals surface area contributed by atoms with Crippen LogP contribution in [-0.4, -0.2) is 43.8 Å². The van der Waals surface area contributed by atoms with E-state index >= 15 is 0 Å². The van der Waals surface area contributed by atoms with Crippen molar-refractivity contribution in [1.29, 1.82) is 0 Å². The molecule has 2 aromatic heterocycles. The third kappa shape index (κ3) is 4.02. The van der Waals surface area contributed by atoms with E-state index in [0.717, 1.165) is 49.6 Å². The Hall–Kier alpha value is -1.73. The molecule has 0 radical (unpaired) electrons. The average Bonchev–Trinajstić information content (AvgIpc) is 3.13. The fourth-order valence-corrected chi connectivity index (χ4v) is 4.44. The zero-order chi connectivity index (χ0) is 17.1. The summed E-state index contributed by atoms with van der Waals surface area (Å²) in [5, 5.41) is 14.5. The number of carboxylic acid groups (broad SMARTS) is 1. The minimum Gasteiger partial charge on any atom is -0.480 e. The van der Waals surface area contributed by atoms with Crippen molar-refractivity contribution in [2.75, 3.05) is 13.1 Å². The summed E-state index contributed by atoms with van der Waals surface area (Å²) < 4.78 is 1.51. The van der Waals surface area contributed by atoms with Crippen LogP contribution in [0.3, 0.4) is 0 Å². The molecule has 130 valence electrons. The van der Waals surface area contributed by atoms with Gasteiger partial charge in [0.25, 0.3) is 0 Å². The highest BCUT2D eigenvalue weighted by atomic mass is 32.1. The van der Waals surface area contributed by atoms with Gasteiger partial charge in [-0.25, -0.2) is 4.98 Å². The number of rotatable bonds is 6. The normalized spacial score (nSPS) is 18.8. The summed E-state index contributed by atoms with van der Waals surface area (Å²) in [5.74, 6) is -0.476. The van der Waals surface area contributed by atoms with Gasteiger partial charge in [-0.3, -0.25) is 14.4 Å². The molecule has 3 rings (SSSR count). The van der Waals surface area contributed by atoms with E-state index in [0.29, 0.717) is 5.92 Å². The summed E-state index contributed by atoms with van der Waals surface area (Å²) in [7, 11) is 0. The van der Waals surface area contributed by atoms with Crippen LogP contribution in [0.1, 0.15) is 47.0 Å². The molecule has 0 amide bonds. The van der Waals surface area contributed by atoms with Crippen LogP contribution in [-0.2, 0) is 24.3 Å². The van der Waals surface area contributed by atoms with Gasteiger partial charge in [0.2, 0.25) is 0 Å². The number of aliphatic carboxylic acids is 1. The molecule has 1 saturated heterocycles. The lowest BCUT2D eigenvalue weighted by Crippen LogP contribution is -2.34. The minimum absolute atomic E-state index is 0.0730. The largest absolute Gasteiger partial charge is 0.480 e. The fraction of sp³-hybridized carbons (Fsp3) is 0.588. The van der Waals surface area contributed by atoms with Crippen LogP contribution >= 0.6 is 11.3 Å². The molecule has 6 nitrogen and oxygen atoms in total. The molecule has 0 saturated carbocycles. The number of aromatic nitrogens is 3. The molecule has 2 aromatic rings. The van der Waals surface area contributed by atoms with Gasteiger partial charge in [-0.15, -0.1) is 11.3 Å². The summed E-state index contributed by atoms with van der Waals surface area (Å²) in [6.07, 6.45) is 5.01. The van der Waals surface area contributed by atoms with E-state index in [1.165, 1.54) is 15.3 Å². The van der Waals surface area contributed by atoms with Crippen LogP contribution in [0.2, 0.25) is 0 Å². The molecule has 0 spiro atoms. The SMILES string of the molecule is CCc1nc(C)sc1CN1CCC[C@H](c2ccn(CC(=O)O)n2)C1. The summed E-state index contributed by atoms with van der Waals surface area (Å²) in [6, 6.07) is 1.96. The molecule has 1 fully saturated rings. The van der Waals surface area contributed by atoms with E-state index in [9.17, 15) is 4.79 Å². The Morgan fingerprint density at radius 3 is 3.08 bits per heavy atom. The number of thiazole rings is 1. The van der Waals surface area contributed by atoms with Crippen LogP contribution < -0.4 is 0 Å². The first-order chi connectivity index (χ1) is 11.5. The zero-order valence-corrected chi connectivity index (χ0v) is 15.1. The van der Waals surface area contributed by atoms with E-state index in [1.807, 2.05) is 6.07 Å². The first-order valence-electron chi connectivity index (χ1n) is 8.47. The van der Waals surface area contributed by atoms with Crippen LogP contribution in [0.25, 0.3) is 0 Å². The number of carboxylic acids is 1. The Labute approximate surface area is 146 Å². The second-order valence-corrected chi connectivity index (χ2v) is 7.65. The van der Waals surface area contributed by atoms with Crippen molar-refractivity contribution >= 4 is 17.3 Å². The van der Waals surface area contributed by atoms with Crippen molar-refractivity contribution in [2.24, 2.45) is 0 Å². The van der Waals surface area contributed by atoms with Gasteiger partial charge >= 0.3 is 5.97 Å². The number of nitrogens with zero attached hydrogens (tertiary/aromatic N) is 4. The van der Waals surface area contributed by atoms with E-state index in [-0.39, 0.29) is 6.54 Å². The van der Waals surface area contributed by atoms with E-state index in [1.54, 1.807) is 17.5 Å². The first-order valence-corrected chi connectivity index (χ1v) is 9.29. The third-order valence-corrected chi connectivity index (χ3v) is 5.47. The predicted octanol–water partition coefficient (Wildman–Crippen LogP) is 2.67.